The molecule has 7 nitrogen and oxygen atoms in total. The van der Waals surface area contributed by atoms with Gasteiger partial charge in [-0.3, -0.25) is 4.98 Å². The average molecular weight is 361 g/mol. The van der Waals surface area contributed by atoms with Crippen molar-refractivity contribution in [2.24, 2.45) is 0 Å². The van der Waals surface area contributed by atoms with E-state index in [-0.39, 0.29) is 0 Å². The van der Waals surface area contributed by atoms with Crippen molar-refractivity contribution in [3.63, 3.8) is 0 Å². The van der Waals surface area contributed by atoms with Crippen LogP contribution in [0.4, 0.5) is 0 Å². The highest BCUT2D eigenvalue weighted by atomic mass is 32.2. The van der Waals surface area contributed by atoms with Crippen LogP contribution in [-0.4, -0.2) is 40.8 Å². The van der Waals surface area contributed by atoms with Crippen LogP contribution in [0.1, 0.15) is 43.5 Å². The highest BCUT2D eigenvalue weighted by molar-refractivity contribution is 7.87. The molecule has 1 saturated heterocycles. The van der Waals surface area contributed by atoms with Gasteiger partial charge in [0.25, 0.3) is 10.2 Å². The van der Waals surface area contributed by atoms with E-state index in [1.54, 1.807) is 18.6 Å². The summed E-state index contributed by atoms with van der Waals surface area (Å²) in [6.45, 7) is 4.85. The van der Waals surface area contributed by atoms with Crippen LogP contribution in [0.5, 0.6) is 0 Å². The van der Waals surface area contributed by atoms with E-state index in [4.69, 9.17) is 0 Å². The van der Waals surface area contributed by atoms with Crippen molar-refractivity contribution < 1.29 is 8.42 Å². The molecule has 0 bridgehead atoms. The summed E-state index contributed by atoms with van der Waals surface area (Å²) in [6.07, 6.45) is 8.00. The third kappa shape index (κ3) is 4.20. The summed E-state index contributed by atoms with van der Waals surface area (Å²) >= 11 is 0. The maximum atomic E-state index is 12.5. The van der Waals surface area contributed by atoms with E-state index in [1.807, 2.05) is 26.0 Å². The van der Waals surface area contributed by atoms with Crippen molar-refractivity contribution in [2.45, 2.75) is 39.2 Å². The Hall–Kier alpha value is -1.90. The van der Waals surface area contributed by atoms with E-state index in [1.165, 1.54) is 4.31 Å². The average Bonchev–Trinajstić information content (AvgIpc) is 2.62. The molecular weight excluding hydrogens is 338 g/mol. The summed E-state index contributed by atoms with van der Waals surface area (Å²) in [7, 11) is -3.49. The molecule has 1 fully saturated rings. The van der Waals surface area contributed by atoms with Crippen LogP contribution >= 0.6 is 0 Å². The number of rotatable bonds is 5. The van der Waals surface area contributed by atoms with Gasteiger partial charge >= 0.3 is 0 Å². The molecule has 3 heterocycles. The van der Waals surface area contributed by atoms with E-state index in [0.29, 0.717) is 18.9 Å². The predicted molar refractivity (Wildman–Crippen MR) is 95.9 cm³/mol. The number of piperidine rings is 1. The minimum absolute atomic E-state index is 0.390. The fraction of sp³-hybridized carbons (Fsp3) is 0.471. The maximum Gasteiger partial charge on any atom is 0.279 e. The van der Waals surface area contributed by atoms with Gasteiger partial charge in [-0.2, -0.15) is 17.4 Å². The predicted octanol–water partition coefficient (Wildman–Crippen LogP) is 2.23. The molecule has 1 N–H and O–H groups in total. The minimum Gasteiger partial charge on any atom is -0.265 e. The summed E-state index contributed by atoms with van der Waals surface area (Å²) in [5, 5.41) is 0. The normalized spacial score (nSPS) is 17.4. The summed E-state index contributed by atoms with van der Waals surface area (Å²) in [6, 6.07) is 3.30. The molecule has 1 atom stereocenters. The van der Waals surface area contributed by atoms with Crippen molar-refractivity contribution in [1.82, 2.24) is 24.0 Å². The number of pyridine rings is 1. The third-order valence-corrected chi connectivity index (χ3v) is 6.10. The van der Waals surface area contributed by atoms with Crippen LogP contribution in [0.15, 0.2) is 30.7 Å². The molecule has 25 heavy (non-hydrogen) atoms. The second-order valence-corrected chi connectivity index (χ2v) is 7.98. The number of aromatic nitrogens is 3. The monoisotopic (exact) mass is 361 g/mol. The molecule has 1 aliphatic rings. The second kappa shape index (κ2) is 7.55. The van der Waals surface area contributed by atoms with E-state index in [2.05, 4.69) is 19.7 Å². The first kappa shape index (κ1) is 17.9. The van der Waals surface area contributed by atoms with Gasteiger partial charge in [-0.05, 0) is 38.8 Å². The van der Waals surface area contributed by atoms with Gasteiger partial charge in [-0.15, -0.1) is 0 Å². The first-order chi connectivity index (χ1) is 12.0. The summed E-state index contributed by atoms with van der Waals surface area (Å²) in [5.74, 6) is 0.606. The second-order valence-electron chi connectivity index (χ2n) is 6.27. The van der Waals surface area contributed by atoms with Crippen LogP contribution in [-0.2, 0) is 10.2 Å². The van der Waals surface area contributed by atoms with Crippen LogP contribution in [0, 0.1) is 6.92 Å². The zero-order chi connectivity index (χ0) is 17.9. The SMILES string of the molecule is Cc1nc(-c2ccncc2)ncc1[C@@H](C)NS(=O)(=O)N1CCCCC1. The van der Waals surface area contributed by atoms with Crippen LogP contribution < -0.4 is 4.72 Å². The van der Waals surface area contributed by atoms with E-state index in [0.717, 1.165) is 36.1 Å². The summed E-state index contributed by atoms with van der Waals surface area (Å²) in [4.78, 5) is 12.9. The lowest BCUT2D eigenvalue weighted by Gasteiger charge is -2.27. The lowest BCUT2D eigenvalue weighted by Crippen LogP contribution is -2.44. The van der Waals surface area contributed by atoms with Crippen molar-refractivity contribution in [3.05, 3.63) is 42.0 Å². The minimum atomic E-state index is -3.49. The number of hydrogen-bond donors (Lipinski definition) is 1. The molecule has 3 rings (SSSR count). The number of aryl methyl sites for hydroxylation is 1. The Morgan fingerprint density at radius 2 is 1.84 bits per heavy atom. The Labute approximate surface area is 148 Å². The molecule has 2 aromatic heterocycles. The molecule has 2 aromatic rings. The molecule has 0 saturated carbocycles. The first-order valence-corrected chi connectivity index (χ1v) is 9.93. The van der Waals surface area contributed by atoms with Crippen molar-refractivity contribution in [3.8, 4) is 11.4 Å². The van der Waals surface area contributed by atoms with Gasteiger partial charge in [0.1, 0.15) is 0 Å². The van der Waals surface area contributed by atoms with Gasteiger partial charge < -0.3 is 0 Å². The Morgan fingerprint density at radius 3 is 2.48 bits per heavy atom. The Bertz CT molecular complexity index is 820. The molecule has 1 aliphatic heterocycles. The fourth-order valence-corrected chi connectivity index (χ4v) is 4.47. The van der Waals surface area contributed by atoms with Crippen molar-refractivity contribution in [2.75, 3.05) is 13.1 Å². The Balaban J connectivity index is 1.77. The molecule has 0 radical (unpaired) electrons. The van der Waals surface area contributed by atoms with E-state index >= 15 is 0 Å². The highest BCUT2D eigenvalue weighted by Gasteiger charge is 2.26. The zero-order valence-corrected chi connectivity index (χ0v) is 15.3. The van der Waals surface area contributed by atoms with E-state index in [9.17, 15) is 8.42 Å². The standard InChI is InChI=1S/C17H23N5O2S/c1-13-16(12-19-17(20-13)15-6-8-18-9-7-15)14(2)21-25(23,24)22-10-4-3-5-11-22/h6-9,12,14,21H,3-5,10-11H2,1-2H3/t14-/m1/s1. The molecule has 0 spiro atoms. The van der Waals surface area contributed by atoms with Crippen molar-refractivity contribution >= 4 is 10.2 Å². The topological polar surface area (TPSA) is 88.1 Å². The van der Waals surface area contributed by atoms with Gasteiger partial charge in [-0.25, -0.2) is 9.97 Å². The third-order valence-electron chi connectivity index (χ3n) is 4.40. The summed E-state index contributed by atoms with van der Waals surface area (Å²) < 4.78 is 29.3. The number of hydrogen-bond acceptors (Lipinski definition) is 5. The highest BCUT2D eigenvalue weighted by Crippen LogP contribution is 2.21. The molecule has 0 amide bonds. The lowest BCUT2D eigenvalue weighted by atomic mass is 10.1. The Morgan fingerprint density at radius 1 is 1.16 bits per heavy atom. The van der Waals surface area contributed by atoms with Gasteiger partial charge in [0.05, 0.1) is 0 Å². The first-order valence-electron chi connectivity index (χ1n) is 8.49. The maximum absolute atomic E-state index is 12.5. The zero-order valence-electron chi connectivity index (χ0n) is 14.5. The number of nitrogens with one attached hydrogen (secondary N) is 1. The van der Waals surface area contributed by atoms with Crippen LogP contribution in [0.25, 0.3) is 11.4 Å². The van der Waals surface area contributed by atoms with Crippen molar-refractivity contribution in [1.29, 1.82) is 0 Å². The molecule has 0 aliphatic carbocycles. The number of nitrogens with zero attached hydrogens (tertiary/aromatic N) is 4. The van der Waals surface area contributed by atoms with Gasteiger partial charge in [0.2, 0.25) is 0 Å². The molecule has 0 aromatic carbocycles. The van der Waals surface area contributed by atoms with Gasteiger partial charge in [0.15, 0.2) is 5.82 Å². The lowest BCUT2D eigenvalue weighted by molar-refractivity contribution is 0.339. The largest absolute Gasteiger partial charge is 0.279 e. The Kier molecular flexibility index (Phi) is 5.41. The molecular formula is C17H23N5O2S. The van der Waals surface area contributed by atoms with Gasteiger partial charge in [0, 0.05) is 54.5 Å². The van der Waals surface area contributed by atoms with Crippen LogP contribution in [0.2, 0.25) is 0 Å². The molecule has 8 heteroatoms. The fourth-order valence-electron chi connectivity index (χ4n) is 3.01. The smallest absolute Gasteiger partial charge is 0.265 e. The van der Waals surface area contributed by atoms with Crippen LogP contribution in [0.3, 0.4) is 0 Å². The van der Waals surface area contributed by atoms with E-state index < -0.39 is 16.3 Å². The summed E-state index contributed by atoms with van der Waals surface area (Å²) in [5.41, 5.74) is 2.42. The quantitative estimate of drug-likeness (QED) is 0.882. The molecule has 0 unspecified atom stereocenters. The van der Waals surface area contributed by atoms with Gasteiger partial charge in [-0.1, -0.05) is 6.42 Å². The molecule has 134 valence electrons.